The summed E-state index contributed by atoms with van der Waals surface area (Å²) in [6.45, 7) is 3.70. The van der Waals surface area contributed by atoms with Crippen molar-refractivity contribution in [3.8, 4) is 0 Å². The molecule has 1 aliphatic rings. The van der Waals surface area contributed by atoms with E-state index in [1.54, 1.807) is 37.4 Å². The Morgan fingerprint density at radius 3 is 2.91 bits per heavy atom. The average Bonchev–Trinajstić information content (AvgIpc) is 2.94. The lowest BCUT2D eigenvalue weighted by molar-refractivity contribution is 0.0621. The fourth-order valence-electron chi connectivity index (χ4n) is 3.03. The summed E-state index contributed by atoms with van der Waals surface area (Å²) >= 11 is 0. The van der Waals surface area contributed by atoms with Crippen LogP contribution in [0.5, 0.6) is 0 Å². The monoisotopic (exact) mass is 316 g/mol. The lowest BCUT2D eigenvalue weighted by Crippen LogP contribution is -2.43. The van der Waals surface area contributed by atoms with Crippen LogP contribution in [0.2, 0.25) is 0 Å². The van der Waals surface area contributed by atoms with Crippen molar-refractivity contribution in [2.45, 2.75) is 26.1 Å². The lowest BCUT2D eigenvalue weighted by atomic mass is 10.1. The van der Waals surface area contributed by atoms with Crippen molar-refractivity contribution in [2.24, 2.45) is 7.05 Å². The van der Waals surface area contributed by atoms with Gasteiger partial charge in [0.05, 0.1) is 24.5 Å². The molecule has 122 valence electrons. The Morgan fingerprint density at radius 2 is 2.17 bits per heavy atom. The van der Waals surface area contributed by atoms with Crippen LogP contribution in [0, 0.1) is 0 Å². The highest BCUT2D eigenvalue weighted by atomic mass is 16.5. The quantitative estimate of drug-likeness (QED) is 0.845. The van der Waals surface area contributed by atoms with E-state index in [0.717, 1.165) is 11.5 Å². The van der Waals surface area contributed by atoms with E-state index in [2.05, 4.69) is 9.55 Å². The third kappa shape index (κ3) is 2.57. The number of carbonyl (C=O) groups excluding carboxylic acids is 1. The number of rotatable bonds is 3. The number of hydrogen-bond donors (Lipinski definition) is 0. The van der Waals surface area contributed by atoms with Gasteiger partial charge < -0.3 is 18.8 Å². The van der Waals surface area contributed by atoms with Gasteiger partial charge in [0, 0.05) is 33.3 Å². The minimum Gasteiger partial charge on any atom is -0.378 e. The Kier molecular flexibility index (Phi) is 4.04. The lowest BCUT2D eigenvalue weighted by Gasteiger charge is -2.34. The van der Waals surface area contributed by atoms with Gasteiger partial charge in [0.25, 0.3) is 11.5 Å². The number of pyridine rings is 1. The predicted octanol–water partition coefficient (Wildman–Crippen LogP) is 0.945. The van der Waals surface area contributed by atoms with Crippen LogP contribution in [-0.2, 0) is 24.9 Å². The summed E-state index contributed by atoms with van der Waals surface area (Å²) in [5.41, 5.74) is 1.21. The second-order valence-corrected chi connectivity index (χ2v) is 5.68. The van der Waals surface area contributed by atoms with Crippen molar-refractivity contribution in [1.82, 2.24) is 19.0 Å². The number of nitrogens with zero attached hydrogens (tertiary/aromatic N) is 4. The van der Waals surface area contributed by atoms with Gasteiger partial charge in [0.1, 0.15) is 11.5 Å². The third-order valence-electron chi connectivity index (χ3n) is 4.33. The second kappa shape index (κ2) is 6.00. The zero-order valence-corrected chi connectivity index (χ0v) is 13.5. The van der Waals surface area contributed by atoms with Crippen molar-refractivity contribution in [3.05, 3.63) is 52.0 Å². The number of amides is 1. The number of aromatic nitrogens is 3. The van der Waals surface area contributed by atoms with E-state index >= 15 is 0 Å². The van der Waals surface area contributed by atoms with E-state index in [4.69, 9.17) is 4.74 Å². The normalized spacial score (nSPS) is 17.2. The van der Waals surface area contributed by atoms with Gasteiger partial charge in [-0.1, -0.05) is 6.07 Å². The molecule has 7 heteroatoms. The molecule has 1 unspecified atom stereocenters. The van der Waals surface area contributed by atoms with Crippen LogP contribution in [0.4, 0.5) is 0 Å². The van der Waals surface area contributed by atoms with Crippen molar-refractivity contribution in [1.29, 1.82) is 0 Å². The summed E-state index contributed by atoms with van der Waals surface area (Å²) in [4.78, 5) is 30.8. The number of fused-ring (bicyclic) bond motifs is 1. The Bertz CT molecular complexity index is 793. The summed E-state index contributed by atoms with van der Waals surface area (Å²) in [6, 6.07) is 4.58. The van der Waals surface area contributed by atoms with E-state index in [-0.39, 0.29) is 17.5 Å². The molecular formula is C16H20N4O3. The zero-order valence-electron chi connectivity index (χ0n) is 13.5. The molecule has 1 atom stereocenters. The highest BCUT2D eigenvalue weighted by Crippen LogP contribution is 2.26. The highest BCUT2D eigenvalue weighted by molar-refractivity contribution is 5.92. The Labute approximate surface area is 134 Å². The van der Waals surface area contributed by atoms with Crippen molar-refractivity contribution in [3.63, 3.8) is 0 Å². The molecule has 2 aromatic heterocycles. The SMILES string of the molecule is COCc1cnc2n1CCN(C(=O)c1cccc(=O)n1C)C2C. The molecule has 0 saturated carbocycles. The van der Waals surface area contributed by atoms with Gasteiger partial charge in [-0.2, -0.15) is 0 Å². The maximum Gasteiger partial charge on any atom is 0.271 e. The summed E-state index contributed by atoms with van der Waals surface area (Å²) < 4.78 is 8.66. The number of hydrogen-bond acceptors (Lipinski definition) is 4. The molecule has 0 bridgehead atoms. The summed E-state index contributed by atoms with van der Waals surface area (Å²) in [5.74, 6) is 0.692. The molecule has 0 radical (unpaired) electrons. The maximum absolute atomic E-state index is 12.8. The van der Waals surface area contributed by atoms with E-state index < -0.39 is 0 Å². The van der Waals surface area contributed by atoms with Crippen molar-refractivity contribution >= 4 is 5.91 Å². The summed E-state index contributed by atoms with van der Waals surface area (Å²) in [5, 5.41) is 0. The molecule has 2 aromatic rings. The Hall–Kier alpha value is -2.41. The van der Waals surface area contributed by atoms with Gasteiger partial charge in [-0.25, -0.2) is 4.98 Å². The van der Waals surface area contributed by atoms with Crippen LogP contribution in [-0.4, -0.2) is 38.6 Å². The zero-order chi connectivity index (χ0) is 16.6. The standard InChI is InChI=1S/C16H20N4O3/c1-11-15-17-9-12(10-23-3)20(15)8-7-19(11)16(22)13-5-4-6-14(21)18(13)2/h4-6,9,11H,7-8,10H2,1-3H3. The van der Waals surface area contributed by atoms with Crippen LogP contribution < -0.4 is 5.56 Å². The van der Waals surface area contributed by atoms with Gasteiger partial charge in [-0.3, -0.25) is 9.59 Å². The van der Waals surface area contributed by atoms with Crippen molar-refractivity contribution in [2.75, 3.05) is 13.7 Å². The fourth-order valence-corrected chi connectivity index (χ4v) is 3.03. The van der Waals surface area contributed by atoms with Gasteiger partial charge in [0.15, 0.2) is 0 Å². The third-order valence-corrected chi connectivity index (χ3v) is 4.33. The Morgan fingerprint density at radius 1 is 1.39 bits per heavy atom. The molecule has 1 amide bonds. The average molecular weight is 316 g/mol. The first-order valence-corrected chi connectivity index (χ1v) is 7.55. The van der Waals surface area contributed by atoms with Crippen LogP contribution >= 0.6 is 0 Å². The smallest absolute Gasteiger partial charge is 0.271 e. The minimum absolute atomic E-state index is 0.153. The van der Waals surface area contributed by atoms with Gasteiger partial charge >= 0.3 is 0 Å². The first-order valence-electron chi connectivity index (χ1n) is 7.55. The molecule has 0 fully saturated rings. The van der Waals surface area contributed by atoms with Gasteiger partial charge in [-0.15, -0.1) is 0 Å². The molecule has 1 aliphatic heterocycles. The van der Waals surface area contributed by atoms with Crippen molar-refractivity contribution < 1.29 is 9.53 Å². The molecule has 23 heavy (non-hydrogen) atoms. The maximum atomic E-state index is 12.8. The molecule has 0 aliphatic carbocycles. The molecular weight excluding hydrogens is 296 g/mol. The molecule has 3 rings (SSSR count). The molecule has 0 N–H and O–H groups in total. The van der Waals surface area contributed by atoms with Crippen LogP contribution in [0.1, 0.15) is 35.0 Å². The number of carbonyl (C=O) groups is 1. The van der Waals surface area contributed by atoms with Crippen LogP contribution in [0.25, 0.3) is 0 Å². The largest absolute Gasteiger partial charge is 0.378 e. The predicted molar refractivity (Wildman–Crippen MR) is 84.1 cm³/mol. The summed E-state index contributed by atoms with van der Waals surface area (Å²) in [7, 11) is 3.26. The first kappa shape index (κ1) is 15.5. The molecule has 7 nitrogen and oxygen atoms in total. The summed E-state index contributed by atoms with van der Waals surface area (Å²) in [6.07, 6.45) is 1.79. The molecule has 0 spiro atoms. The van der Waals surface area contributed by atoms with Crippen LogP contribution in [0.3, 0.4) is 0 Å². The number of imidazole rings is 1. The second-order valence-electron chi connectivity index (χ2n) is 5.68. The highest BCUT2D eigenvalue weighted by Gasteiger charge is 2.31. The Balaban J connectivity index is 1.91. The minimum atomic E-state index is -0.190. The van der Waals surface area contributed by atoms with Crippen LogP contribution in [0.15, 0.2) is 29.2 Å². The van der Waals surface area contributed by atoms with Gasteiger partial charge in [0.2, 0.25) is 0 Å². The van der Waals surface area contributed by atoms with E-state index in [1.807, 2.05) is 6.92 Å². The van der Waals surface area contributed by atoms with E-state index in [9.17, 15) is 9.59 Å². The van der Waals surface area contributed by atoms with Gasteiger partial charge in [-0.05, 0) is 13.0 Å². The number of ether oxygens (including phenoxy) is 1. The number of methoxy groups -OCH3 is 1. The molecule has 3 heterocycles. The molecule has 0 aromatic carbocycles. The fraction of sp³-hybridized carbons (Fsp3) is 0.438. The van der Waals surface area contributed by atoms with E-state index in [0.29, 0.717) is 25.4 Å². The first-order chi connectivity index (χ1) is 11.0. The topological polar surface area (TPSA) is 69.4 Å². The van der Waals surface area contributed by atoms with E-state index in [1.165, 1.54) is 10.6 Å². The molecule has 0 saturated heterocycles.